The van der Waals surface area contributed by atoms with Gasteiger partial charge in [-0.3, -0.25) is 9.89 Å². The third-order valence-electron chi connectivity index (χ3n) is 6.22. The Morgan fingerprint density at radius 3 is 2.29 bits per heavy atom. The van der Waals surface area contributed by atoms with Gasteiger partial charge in [0.05, 0.1) is 0 Å². The van der Waals surface area contributed by atoms with Crippen molar-refractivity contribution < 1.29 is 0 Å². The average molecular weight is 499 g/mol. The Hall–Kier alpha value is -0.860. The largest absolute Gasteiger partial charge is 0.356 e. The summed E-state index contributed by atoms with van der Waals surface area (Å²) in [5.41, 5.74) is 1.44. The topological polar surface area (TPSA) is 34.1 Å². The fraction of sp³-hybridized carbons (Fsp3) is 0.682. The quantitative estimate of drug-likeness (QED) is 0.383. The molecule has 158 valence electrons. The molecular formula is C22H38IN5. The van der Waals surface area contributed by atoms with Gasteiger partial charge in [-0.05, 0) is 50.9 Å². The summed E-state index contributed by atoms with van der Waals surface area (Å²) in [6.45, 7) is 10.1. The number of benzene rings is 1. The number of guanidine groups is 1. The van der Waals surface area contributed by atoms with E-state index in [0.717, 1.165) is 51.0 Å². The van der Waals surface area contributed by atoms with E-state index in [0.29, 0.717) is 6.04 Å². The number of nitrogens with zero attached hydrogens (tertiary/aromatic N) is 4. The molecule has 1 atom stereocenters. The highest BCUT2D eigenvalue weighted by molar-refractivity contribution is 14.0. The minimum absolute atomic E-state index is 0. The maximum absolute atomic E-state index is 4.56. The average Bonchev–Trinajstić information content (AvgIpc) is 2.72. The summed E-state index contributed by atoms with van der Waals surface area (Å²) in [5, 5.41) is 3.65. The number of nitrogens with one attached hydrogen (secondary N) is 1. The van der Waals surface area contributed by atoms with Gasteiger partial charge in [0.25, 0.3) is 0 Å². The number of rotatable bonds is 5. The molecule has 5 nitrogen and oxygen atoms in total. The van der Waals surface area contributed by atoms with E-state index >= 15 is 0 Å². The first-order valence-corrected chi connectivity index (χ1v) is 10.6. The van der Waals surface area contributed by atoms with Crippen molar-refractivity contribution in [3.8, 4) is 0 Å². The van der Waals surface area contributed by atoms with E-state index in [1.807, 2.05) is 7.05 Å². The van der Waals surface area contributed by atoms with E-state index in [4.69, 9.17) is 0 Å². The molecule has 0 spiro atoms. The molecule has 1 aromatic carbocycles. The summed E-state index contributed by atoms with van der Waals surface area (Å²) >= 11 is 0. The van der Waals surface area contributed by atoms with Crippen LogP contribution in [0, 0.1) is 5.92 Å². The molecule has 0 saturated carbocycles. The molecule has 2 heterocycles. The molecule has 6 heteroatoms. The van der Waals surface area contributed by atoms with Crippen LogP contribution in [0.15, 0.2) is 35.3 Å². The van der Waals surface area contributed by atoms with Crippen LogP contribution in [-0.4, -0.2) is 80.6 Å². The van der Waals surface area contributed by atoms with E-state index in [1.165, 1.54) is 31.5 Å². The Balaban J connectivity index is 0.00000280. The summed E-state index contributed by atoms with van der Waals surface area (Å²) in [6.07, 6.45) is 3.75. The molecule has 1 N–H and O–H groups in total. The van der Waals surface area contributed by atoms with Crippen LogP contribution in [0.4, 0.5) is 0 Å². The van der Waals surface area contributed by atoms with Gasteiger partial charge in [-0.25, -0.2) is 0 Å². The van der Waals surface area contributed by atoms with Crippen molar-refractivity contribution in [3.05, 3.63) is 35.9 Å². The van der Waals surface area contributed by atoms with Crippen molar-refractivity contribution in [2.24, 2.45) is 10.9 Å². The second-order valence-corrected chi connectivity index (χ2v) is 8.03. The molecule has 0 bridgehead atoms. The lowest BCUT2D eigenvalue weighted by Gasteiger charge is -2.40. The van der Waals surface area contributed by atoms with Gasteiger partial charge < -0.3 is 15.1 Å². The zero-order valence-corrected chi connectivity index (χ0v) is 20.1. The van der Waals surface area contributed by atoms with Crippen molar-refractivity contribution in [2.75, 3.05) is 59.9 Å². The van der Waals surface area contributed by atoms with Gasteiger partial charge >= 0.3 is 0 Å². The zero-order valence-electron chi connectivity index (χ0n) is 17.8. The number of piperazine rings is 1. The van der Waals surface area contributed by atoms with Crippen LogP contribution in [0.3, 0.4) is 0 Å². The van der Waals surface area contributed by atoms with Gasteiger partial charge in [0, 0.05) is 45.8 Å². The minimum atomic E-state index is 0. The van der Waals surface area contributed by atoms with Crippen LogP contribution in [0.2, 0.25) is 0 Å². The van der Waals surface area contributed by atoms with Crippen LogP contribution < -0.4 is 5.32 Å². The molecule has 2 aliphatic rings. The van der Waals surface area contributed by atoms with Crippen LogP contribution in [0.1, 0.15) is 37.8 Å². The van der Waals surface area contributed by atoms with E-state index in [-0.39, 0.29) is 24.0 Å². The lowest BCUT2D eigenvalue weighted by atomic mass is 9.97. The molecule has 3 rings (SSSR count). The Kier molecular flexibility index (Phi) is 10.0. The third-order valence-corrected chi connectivity index (χ3v) is 6.22. The molecule has 0 radical (unpaired) electrons. The summed E-state index contributed by atoms with van der Waals surface area (Å²) in [5.74, 6) is 1.86. The van der Waals surface area contributed by atoms with Crippen LogP contribution >= 0.6 is 24.0 Å². The first-order valence-electron chi connectivity index (χ1n) is 10.6. The summed E-state index contributed by atoms with van der Waals surface area (Å²) in [7, 11) is 4.14. The normalized spacial score (nSPS) is 21.2. The number of piperidine rings is 1. The van der Waals surface area contributed by atoms with Crippen molar-refractivity contribution in [1.29, 1.82) is 0 Å². The fourth-order valence-corrected chi connectivity index (χ4v) is 4.46. The van der Waals surface area contributed by atoms with Crippen LogP contribution in [0.25, 0.3) is 0 Å². The number of hydrogen-bond acceptors (Lipinski definition) is 3. The number of likely N-dealkylation sites (tertiary alicyclic amines) is 1. The first-order chi connectivity index (χ1) is 13.2. The number of halogens is 1. The van der Waals surface area contributed by atoms with Crippen LogP contribution in [-0.2, 0) is 0 Å². The molecule has 1 aromatic rings. The highest BCUT2D eigenvalue weighted by Gasteiger charge is 2.25. The lowest BCUT2D eigenvalue weighted by molar-refractivity contribution is 0.126. The Labute approximate surface area is 188 Å². The molecule has 0 aromatic heterocycles. The molecule has 2 saturated heterocycles. The molecule has 2 fully saturated rings. The second-order valence-electron chi connectivity index (χ2n) is 8.03. The monoisotopic (exact) mass is 499 g/mol. The SMILES string of the molecule is CCC(c1ccccc1)N1CCN(C(=NC)NCC2CCN(C)CC2)CC1.I. The predicted molar refractivity (Wildman–Crippen MR) is 130 cm³/mol. The molecule has 28 heavy (non-hydrogen) atoms. The standard InChI is InChI=1S/C22H37N5.HI/c1-4-21(20-8-6-5-7-9-20)26-14-16-27(17-15-26)22(23-2)24-18-19-10-12-25(3)13-11-19;/h5-9,19,21H,4,10-18H2,1-3H3,(H,23,24);1H. The molecular weight excluding hydrogens is 461 g/mol. The summed E-state index contributed by atoms with van der Waals surface area (Å²) in [6, 6.07) is 11.5. The smallest absolute Gasteiger partial charge is 0.193 e. The van der Waals surface area contributed by atoms with E-state index in [1.54, 1.807) is 0 Å². The lowest BCUT2D eigenvalue weighted by Crippen LogP contribution is -2.53. The molecule has 0 amide bonds. The van der Waals surface area contributed by atoms with Crippen molar-refractivity contribution in [1.82, 2.24) is 20.0 Å². The molecule has 0 aliphatic carbocycles. The van der Waals surface area contributed by atoms with Crippen LogP contribution in [0.5, 0.6) is 0 Å². The maximum atomic E-state index is 4.56. The third kappa shape index (κ3) is 6.32. The highest BCUT2D eigenvalue weighted by Crippen LogP contribution is 2.25. The van der Waals surface area contributed by atoms with Gasteiger partial charge in [0.2, 0.25) is 0 Å². The van der Waals surface area contributed by atoms with Gasteiger partial charge in [0.1, 0.15) is 0 Å². The Bertz CT molecular complexity index is 578. The Morgan fingerprint density at radius 1 is 1.07 bits per heavy atom. The first kappa shape index (κ1) is 23.4. The summed E-state index contributed by atoms with van der Waals surface area (Å²) in [4.78, 5) is 12.1. The zero-order chi connectivity index (χ0) is 19.1. The highest BCUT2D eigenvalue weighted by atomic mass is 127. The van der Waals surface area contributed by atoms with E-state index in [9.17, 15) is 0 Å². The van der Waals surface area contributed by atoms with E-state index in [2.05, 4.69) is 69.3 Å². The number of aliphatic imine (C=N–C) groups is 1. The van der Waals surface area contributed by atoms with Gasteiger partial charge in [-0.1, -0.05) is 37.3 Å². The summed E-state index contributed by atoms with van der Waals surface area (Å²) < 4.78 is 0. The van der Waals surface area contributed by atoms with Gasteiger partial charge in [-0.2, -0.15) is 0 Å². The second kappa shape index (κ2) is 12.0. The predicted octanol–water partition coefficient (Wildman–Crippen LogP) is 3.29. The van der Waals surface area contributed by atoms with Gasteiger partial charge in [-0.15, -0.1) is 24.0 Å². The van der Waals surface area contributed by atoms with Crippen molar-refractivity contribution in [3.63, 3.8) is 0 Å². The van der Waals surface area contributed by atoms with Gasteiger partial charge in [0.15, 0.2) is 5.96 Å². The molecule has 1 unspecified atom stereocenters. The molecule has 2 aliphatic heterocycles. The Morgan fingerprint density at radius 2 is 1.71 bits per heavy atom. The maximum Gasteiger partial charge on any atom is 0.193 e. The van der Waals surface area contributed by atoms with Crippen molar-refractivity contribution >= 4 is 29.9 Å². The fourth-order valence-electron chi connectivity index (χ4n) is 4.46. The van der Waals surface area contributed by atoms with E-state index < -0.39 is 0 Å². The van der Waals surface area contributed by atoms with Crippen molar-refractivity contribution in [2.45, 2.75) is 32.2 Å². The minimum Gasteiger partial charge on any atom is -0.356 e. The number of hydrogen-bond donors (Lipinski definition) is 1.